The van der Waals surface area contributed by atoms with Crippen molar-refractivity contribution in [1.29, 1.82) is 0 Å². The highest BCUT2D eigenvalue weighted by molar-refractivity contribution is 9.10. The summed E-state index contributed by atoms with van der Waals surface area (Å²) in [5.74, 6) is 0. The van der Waals surface area contributed by atoms with Crippen molar-refractivity contribution in [3.05, 3.63) is 89.4 Å². The number of hydrogen-bond donors (Lipinski definition) is 0. The second-order valence-corrected chi connectivity index (χ2v) is 8.67. The molecular formula is C24H14BrNS. The Hall–Kier alpha value is -2.62. The minimum Gasteiger partial charge on any atom is -0.309 e. The average molecular weight is 428 g/mol. The van der Waals surface area contributed by atoms with Gasteiger partial charge in [-0.2, -0.15) is 0 Å². The number of halogens is 1. The zero-order valence-electron chi connectivity index (χ0n) is 14.3. The fourth-order valence-corrected chi connectivity index (χ4v) is 5.84. The third-order valence-corrected chi connectivity index (χ3v) is 7.06. The Morgan fingerprint density at radius 1 is 0.593 bits per heavy atom. The first-order chi connectivity index (χ1) is 13.3. The molecule has 0 atom stereocenters. The molecule has 0 aliphatic heterocycles. The van der Waals surface area contributed by atoms with Crippen LogP contribution in [-0.2, 0) is 0 Å². The molecule has 3 heteroatoms. The minimum atomic E-state index is 1.14. The lowest BCUT2D eigenvalue weighted by Gasteiger charge is -2.07. The quantitative estimate of drug-likeness (QED) is 0.251. The zero-order valence-corrected chi connectivity index (χ0v) is 16.7. The van der Waals surface area contributed by atoms with Gasteiger partial charge in [-0.25, -0.2) is 0 Å². The summed E-state index contributed by atoms with van der Waals surface area (Å²) in [6.45, 7) is 0. The number of benzene rings is 4. The van der Waals surface area contributed by atoms with Gasteiger partial charge in [0.25, 0.3) is 0 Å². The fourth-order valence-electron chi connectivity index (χ4n) is 4.18. The number of thiophene rings is 1. The third kappa shape index (κ3) is 2.10. The Labute approximate surface area is 168 Å². The monoisotopic (exact) mass is 427 g/mol. The van der Waals surface area contributed by atoms with E-state index in [1.165, 1.54) is 47.7 Å². The van der Waals surface area contributed by atoms with Gasteiger partial charge in [-0.3, -0.25) is 0 Å². The van der Waals surface area contributed by atoms with E-state index in [-0.39, 0.29) is 0 Å². The van der Waals surface area contributed by atoms with Crippen molar-refractivity contribution >= 4 is 69.2 Å². The predicted molar refractivity (Wildman–Crippen MR) is 121 cm³/mol. The fraction of sp³-hybridized carbons (Fsp3) is 0. The van der Waals surface area contributed by atoms with Gasteiger partial charge in [0, 0.05) is 41.1 Å². The van der Waals surface area contributed by atoms with Crippen LogP contribution in [0.2, 0.25) is 0 Å². The summed E-state index contributed by atoms with van der Waals surface area (Å²) in [4.78, 5) is 0. The number of aromatic nitrogens is 1. The Balaban J connectivity index is 1.95. The van der Waals surface area contributed by atoms with E-state index in [1.54, 1.807) is 0 Å². The summed E-state index contributed by atoms with van der Waals surface area (Å²) >= 11 is 5.70. The lowest BCUT2D eigenvalue weighted by molar-refractivity contribution is 1.18. The van der Waals surface area contributed by atoms with E-state index in [1.807, 2.05) is 11.3 Å². The van der Waals surface area contributed by atoms with E-state index < -0.39 is 0 Å². The summed E-state index contributed by atoms with van der Waals surface area (Å²) in [5, 5.41) is 5.31. The molecule has 0 saturated heterocycles. The van der Waals surface area contributed by atoms with Crippen molar-refractivity contribution in [3.8, 4) is 5.69 Å². The number of fused-ring (bicyclic) bond motifs is 7. The summed E-state index contributed by atoms with van der Waals surface area (Å²) in [5.41, 5.74) is 3.67. The molecule has 0 saturated carbocycles. The smallest absolute Gasteiger partial charge is 0.0552 e. The van der Waals surface area contributed by atoms with Gasteiger partial charge < -0.3 is 4.57 Å². The lowest BCUT2D eigenvalue weighted by Crippen LogP contribution is -1.92. The molecule has 0 aliphatic carbocycles. The van der Waals surface area contributed by atoms with Crippen LogP contribution in [0.5, 0.6) is 0 Å². The van der Waals surface area contributed by atoms with E-state index in [2.05, 4.69) is 105 Å². The molecule has 0 bridgehead atoms. The summed E-state index contributed by atoms with van der Waals surface area (Å²) in [6.07, 6.45) is 0. The van der Waals surface area contributed by atoms with Gasteiger partial charge in [0.1, 0.15) is 0 Å². The van der Waals surface area contributed by atoms with Gasteiger partial charge in [0.2, 0.25) is 0 Å². The molecule has 0 amide bonds. The molecule has 0 fully saturated rings. The van der Waals surface area contributed by atoms with Gasteiger partial charge in [0.15, 0.2) is 0 Å². The van der Waals surface area contributed by atoms with Crippen molar-refractivity contribution in [2.24, 2.45) is 0 Å². The molecule has 0 N–H and O–H groups in total. The van der Waals surface area contributed by atoms with Crippen LogP contribution in [0.4, 0.5) is 0 Å². The molecule has 27 heavy (non-hydrogen) atoms. The topological polar surface area (TPSA) is 4.93 Å². The number of nitrogens with zero attached hydrogens (tertiary/aromatic N) is 1. The highest BCUT2D eigenvalue weighted by Gasteiger charge is 2.18. The van der Waals surface area contributed by atoms with Crippen LogP contribution in [0.15, 0.2) is 89.4 Å². The lowest BCUT2D eigenvalue weighted by atomic mass is 10.1. The van der Waals surface area contributed by atoms with E-state index >= 15 is 0 Å². The molecule has 2 aromatic heterocycles. The van der Waals surface area contributed by atoms with Gasteiger partial charge in [-0.05, 0) is 42.5 Å². The highest BCUT2D eigenvalue weighted by atomic mass is 79.9. The van der Waals surface area contributed by atoms with Crippen molar-refractivity contribution in [2.75, 3.05) is 0 Å². The Kier molecular flexibility index (Phi) is 3.25. The molecule has 0 unspecified atom stereocenters. The molecular weight excluding hydrogens is 414 g/mol. The normalized spacial score (nSPS) is 11.9. The summed E-state index contributed by atoms with van der Waals surface area (Å²) in [7, 11) is 0. The van der Waals surface area contributed by atoms with Gasteiger partial charge in [-0.15, -0.1) is 11.3 Å². The second-order valence-electron chi connectivity index (χ2n) is 6.74. The molecule has 2 heterocycles. The largest absolute Gasteiger partial charge is 0.309 e. The number of hydrogen-bond acceptors (Lipinski definition) is 1. The van der Waals surface area contributed by atoms with Crippen LogP contribution < -0.4 is 0 Å². The zero-order chi connectivity index (χ0) is 18.0. The molecule has 1 nitrogen and oxygen atoms in total. The van der Waals surface area contributed by atoms with Crippen LogP contribution >= 0.6 is 27.3 Å². The maximum absolute atomic E-state index is 3.83. The molecule has 4 aromatic carbocycles. The Morgan fingerprint density at radius 2 is 1.37 bits per heavy atom. The first-order valence-electron chi connectivity index (χ1n) is 8.91. The molecule has 6 aromatic rings. The number of rotatable bonds is 1. The standard InChI is InChI=1S/C24H14BrNS/c25-17-10-6-11-18-23(17)24-19(26(18)15-7-2-1-3-8-15)13-14-21-22(24)16-9-4-5-12-20(16)27-21/h1-14H. The Morgan fingerprint density at radius 3 is 2.26 bits per heavy atom. The van der Waals surface area contributed by atoms with Crippen molar-refractivity contribution < 1.29 is 0 Å². The van der Waals surface area contributed by atoms with E-state index in [4.69, 9.17) is 0 Å². The van der Waals surface area contributed by atoms with Crippen LogP contribution in [0.3, 0.4) is 0 Å². The van der Waals surface area contributed by atoms with Gasteiger partial charge in [-0.1, -0.05) is 58.4 Å². The van der Waals surface area contributed by atoms with E-state index in [0.29, 0.717) is 0 Å². The maximum Gasteiger partial charge on any atom is 0.0552 e. The van der Waals surface area contributed by atoms with Crippen LogP contribution in [0.25, 0.3) is 47.7 Å². The van der Waals surface area contributed by atoms with Gasteiger partial charge in [0.05, 0.1) is 11.0 Å². The van der Waals surface area contributed by atoms with Crippen LogP contribution in [0.1, 0.15) is 0 Å². The summed E-state index contributed by atoms with van der Waals surface area (Å²) in [6, 6.07) is 30.4. The van der Waals surface area contributed by atoms with Crippen LogP contribution in [-0.4, -0.2) is 4.57 Å². The Bertz CT molecular complexity index is 1470. The van der Waals surface area contributed by atoms with E-state index in [9.17, 15) is 0 Å². The molecule has 0 spiro atoms. The number of para-hydroxylation sites is 1. The minimum absolute atomic E-state index is 1.14. The SMILES string of the molecule is Brc1cccc2c1c1c3c(ccc1n2-c1ccccc1)sc1ccccc13. The van der Waals surface area contributed by atoms with Crippen LogP contribution in [0, 0.1) is 0 Å². The molecule has 128 valence electrons. The van der Waals surface area contributed by atoms with Crippen molar-refractivity contribution in [3.63, 3.8) is 0 Å². The summed E-state index contributed by atoms with van der Waals surface area (Å²) < 4.78 is 6.20. The average Bonchev–Trinajstić information content (AvgIpc) is 3.24. The maximum atomic E-state index is 3.83. The second kappa shape index (κ2) is 5.69. The van der Waals surface area contributed by atoms with Crippen molar-refractivity contribution in [2.45, 2.75) is 0 Å². The third-order valence-electron chi connectivity index (χ3n) is 5.26. The van der Waals surface area contributed by atoms with E-state index in [0.717, 1.165) is 4.47 Å². The first kappa shape index (κ1) is 15.4. The highest BCUT2D eigenvalue weighted by Crippen LogP contribution is 2.44. The van der Waals surface area contributed by atoms with Gasteiger partial charge >= 0.3 is 0 Å². The molecule has 0 aliphatic rings. The van der Waals surface area contributed by atoms with Crippen molar-refractivity contribution in [1.82, 2.24) is 4.57 Å². The molecule has 0 radical (unpaired) electrons. The first-order valence-corrected chi connectivity index (χ1v) is 10.5. The molecule has 6 rings (SSSR count). The predicted octanol–water partition coefficient (Wildman–Crippen LogP) is 7.91.